The van der Waals surface area contributed by atoms with E-state index in [0.29, 0.717) is 0 Å². The number of rotatable bonds is 5. The first-order chi connectivity index (χ1) is 6.86. The molecule has 0 saturated carbocycles. The molecule has 0 aromatic carbocycles. The van der Waals surface area contributed by atoms with Crippen LogP contribution >= 0.6 is 7.81 Å². The summed E-state index contributed by atoms with van der Waals surface area (Å²) in [7, 11) is -10.7. The van der Waals surface area contributed by atoms with Crippen LogP contribution in [0.15, 0.2) is 0 Å². The maximum absolute atomic E-state index is 10.7. The fraction of sp³-hybridized carbons (Fsp3) is 0.750. The Morgan fingerprint density at radius 2 is 1.25 bits per heavy atom. The van der Waals surface area contributed by atoms with Gasteiger partial charge in [-0.25, -0.2) is 0 Å². The summed E-state index contributed by atoms with van der Waals surface area (Å²) in [6, 6.07) is 0. The molecule has 0 saturated heterocycles. The summed E-state index contributed by atoms with van der Waals surface area (Å²) >= 11 is 3.42. The Labute approximate surface area is 96.4 Å². The van der Waals surface area contributed by atoms with Crippen molar-refractivity contribution in [1.29, 1.82) is 0 Å². The molecular formula is C8H15F6PS. The van der Waals surface area contributed by atoms with Gasteiger partial charge in [-0.1, -0.05) is 6.42 Å². The Morgan fingerprint density at radius 1 is 0.875 bits per heavy atom. The summed E-state index contributed by atoms with van der Waals surface area (Å²) in [6.07, 6.45) is 11.1. The molecule has 16 heavy (non-hydrogen) atoms. The molecule has 0 aromatic heterocycles. The third kappa shape index (κ3) is 66.3. The summed E-state index contributed by atoms with van der Waals surface area (Å²) in [4.78, 5) is 0. The van der Waals surface area contributed by atoms with Gasteiger partial charge < -0.3 is 0 Å². The van der Waals surface area contributed by atoms with E-state index in [9.17, 15) is 25.2 Å². The van der Waals surface area contributed by atoms with Crippen molar-refractivity contribution >= 4 is 20.4 Å². The summed E-state index contributed by atoms with van der Waals surface area (Å²) in [5, 5.41) is 0. The van der Waals surface area contributed by atoms with Crippen LogP contribution in [0.3, 0.4) is 0 Å². The molecule has 0 unspecified atom stereocenters. The molecule has 0 nitrogen and oxygen atoms in total. The van der Waals surface area contributed by atoms with Crippen molar-refractivity contribution in [3.05, 3.63) is 0 Å². The van der Waals surface area contributed by atoms with Crippen LogP contribution in [-0.2, 0) is 12.6 Å². The molecule has 0 fully saturated rings. The Kier molecular flexibility index (Phi) is 6.88. The predicted molar refractivity (Wildman–Crippen MR) is 60.5 cm³/mol. The molecule has 0 amide bonds. The topological polar surface area (TPSA) is 0 Å². The van der Waals surface area contributed by atoms with E-state index < -0.39 is 7.81 Å². The van der Waals surface area contributed by atoms with E-state index in [1.54, 1.807) is 0 Å². The summed E-state index contributed by atoms with van der Waals surface area (Å²) in [5.74, 6) is 3.75. The molecule has 8 heteroatoms. The Hall–Kier alpha value is -0.0800. The monoisotopic (exact) mass is 288 g/mol. The van der Waals surface area contributed by atoms with Crippen LogP contribution in [0.1, 0.15) is 32.1 Å². The van der Waals surface area contributed by atoms with Gasteiger partial charge in [0.1, 0.15) is 5.75 Å². The number of unbranched alkanes of at least 4 members (excludes halogenated alkanes) is 4. The normalized spacial score (nSPS) is 15.1. The van der Waals surface area contributed by atoms with Crippen LogP contribution < -0.4 is 0 Å². The van der Waals surface area contributed by atoms with Gasteiger partial charge in [-0.3, -0.25) is 0 Å². The van der Waals surface area contributed by atoms with Gasteiger partial charge in [0.15, 0.2) is 0 Å². The molecule has 0 rings (SSSR count). The van der Waals surface area contributed by atoms with Crippen molar-refractivity contribution in [3.8, 4) is 12.3 Å². The molecule has 0 bridgehead atoms. The molecule has 0 heterocycles. The Bertz CT molecular complexity index is 213. The molecule has 100 valence electrons. The molecule has 0 aliphatic heterocycles. The van der Waals surface area contributed by atoms with E-state index in [-0.39, 0.29) is 0 Å². The second-order valence-corrected chi connectivity index (χ2v) is 5.49. The average molecular weight is 288 g/mol. The van der Waals surface area contributed by atoms with Crippen molar-refractivity contribution in [3.63, 3.8) is 0 Å². The fourth-order valence-corrected chi connectivity index (χ4v) is 0.956. The van der Waals surface area contributed by atoms with Crippen molar-refractivity contribution < 1.29 is 25.2 Å². The molecule has 0 spiro atoms. The zero-order valence-electron chi connectivity index (χ0n) is 8.53. The third-order valence-electron chi connectivity index (χ3n) is 1.25. The molecule has 0 N–H and O–H groups in total. The molecular weight excluding hydrogens is 273 g/mol. The molecule has 0 aliphatic carbocycles. The molecule has 0 aliphatic rings. The van der Waals surface area contributed by atoms with Crippen LogP contribution in [0.4, 0.5) is 25.2 Å². The quantitative estimate of drug-likeness (QED) is 0.220. The van der Waals surface area contributed by atoms with Crippen molar-refractivity contribution in [2.75, 3.05) is 5.75 Å². The molecule has 0 aromatic rings. The van der Waals surface area contributed by atoms with Crippen LogP contribution in [0.5, 0.6) is 0 Å². The van der Waals surface area contributed by atoms with Crippen LogP contribution in [-0.4, -0.2) is 5.75 Å². The Balaban J connectivity index is 0. The van der Waals surface area contributed by atoms with Crippen molar-refractivity contribution in [1.82, 2.24) is 0 Å². The van der Waals surface area contributed by atoms with E-state index in [4.69, 9.17) is 6.42 Å². The van der Waals surface area contributed by atoms with Crippen LogP contribution in [0.25, 0.3) is 0 Å². The van der Waals surface area contributed by atoms with Gasteiger partial charge in [0.2, 0.25) is 0 Å². The SMILES string of the molecule is C#CCCCCCC[SH2+].F[P-](F)(F)(F)(F)F. The van der Waals surface area contributed by atoms with E-state index in [1.807, 2.05) is 0 Å². The second-order valence-electron chi connectivity index (χ2n) is 3.08. The Morgan fingerprint density at radius 3 is 1.56 bits per heavy atom. The van der Waals surface area contributed by atoms with E-state index in [2.05, 4.69) is 18.5 Å². The molecule has 0 radical (unpaired) electrons. The predicted octanol–water partition coefficient (Wildman–Crippen LogP) is 4.96. The van der Waals surface area contributed by atoms with Crippen LogP contribution in [0.2, 0.25) is 0 Å². The van der Waals surface area contributed by atoms with E-state index >= 15 is 0 Å². The van der Waals surface area contributed by atoms with Crippen molar-refractivity contribution in [2.45, 2.75) is 32.1 Å². The summed E-state index contributed by atoms with van der Waals surface area (Å²) in [5.41, 5.74) is 0. The maximum atomic E-state index is 9.87. The number of terminal acetylenes is 1. The van der Waals surface area contributed by atoms with Crippen molar-refractivity contribution in [2.24, 2.45) is 0 Å². The fourth-order valence-electron chi connectivity index (χ4n) is 0.706. The first kappa shape index (κ1) is 18.3. The number of hydrogen-bond donors (Lipinski definition) is 0. The molecule has 0 atom stereocenters. The zero-order valence-corrected chi connectivity index (χ0v) is 10.4. The van der Waals surface area contributed by atoms with E-state index in [1.165, 1.54) is 25.7 Å². The summed E-state index contributed by atoms with van der Waals surface area (Å²) in [6.45, 7) is 0. The standard InChI is InChI=1S/C8H14S.F6P/c1-2-3-4-5-6-7-8-9;1-7(2,3,4,5)6/h1,9H,3-8H2;/q;-1/p+1. The van der Waals surface area contributed by atoms with Gasteiger partial charge in [-0.2, -0.15) is 0 Å². The summed E-state index contributed by atoms with van der Waals surface area (Å²) < 4.78 is 59.2. The first-order valence-electron chi connectivity index (χ1n) is 4.51. The first-order valence-corrected chi connectivity index (χ1v) is 7.25. The van der Waals surface area contributed by atoms with Gasteiger partial charge in [0, 0.05) is 6.42 Å². The minimum atomic E-state index is -10.7. The van der Waals surface area contributed by atoms with Gasteiger partial charge >= 0.3 is 33.0 Å². The van der Waals surface area contributed by atoms with Gasteiger partial charge in [0.25, 0.3) is 0 Å². The number of halogens is 6. The van der Waals surface area contributed by atoms with E-state index in [0.717, 1.165) is 12.2 Å². The average Bonchev–Trinajstić information content (AvgIpc) is 1.98. The zero-order chi connectivity index (χ0) is 13.4. The van der Waals surface area contributed by atoms with Crippen LogP contribution in [0, 0.1) is 12.3 Å². The van der Waals surface area contributed by atoms with Gasteiger partial charge in [-0.15, -0.1) is 12.3 Å². The minimum absolute atomic E-state index is 0.946. The number of hydrogen-bond acceptors (Lipinski definition) is 0. The van der Waals surface area contributed by atoms with Gasteiger partial charge in [-0.05, 0) is 31.9 Å². The second kappa shape index (κ2) is 6.02. The van der Waals surface area contributed by atoms with Gasteiger partial charge in [0.05, 0.1) is 0 Å². The third-order valence-corrected chi connectivity index (χ3v) is 1.60.